The average molecular weight is 254 g/mol. The van der Waals surface area contributed by atoms with Gasteiger partial charge in [0.1, 0.15) is 0 Å². The predicted molar refractivity (Wildman–Crippen MR) is 75.2 cm³/mol. The molecule has 1 aromatic carbocycles. The largest absolute Gasteiger partial charge is 0.349 e. The number of carbonyl (C=O) groups is 1. The van der Waals surface area contributed by atoms with E-state index in [2.05, 4.69) is 34.7 Å². The van der Waals surface area contributed by atoms with Crippen LogP contribution in [0.1, 0.15) is 29.0 Å². The molecule has 2 heterocycles. The summed E-state index contributed by atoms with van der Waals surface area (Å²) < 4.78 is 2.27. The fraction of sp³-hybridized carbons (Fsp3) is 0.312. The summed E-state index contributed by atoms with van der Waals surface area (Å²) in [6.45, 7) is 4.57. The molecular formula is C16H18N2O. The Morgan fingerprint density at radius 3 is 2.74 bits per heavy atom. The summed E-state index contributed by atoms with van der Waals surface area (Å²) in [6, 6.07) is 14.1. The minimum absolute atomic E-state index is 0.201. The third kappa shape index (κ3) is 2.34. The van der Waals surface area contributed by atoms with Crippen molar-refractivity contribution in [2.75, 3.05) is 13.1 Å². The van der Waals surface area contributed by atoms with Crippen LogP contribution in [-0.4, -0.2) is 28.3 Å². The van der Waals surface area contributed by atoms with Crippen LogP contribution in [0.4, 0.5) is 0 Å². The lowest BCUT2D eigenvalue weighted by atomic mass is 10.1. The summed E-state index contributed by atoms with van der Waals surface area (Å²) in [4.78, 5) is 14.5. The molecule has 2 aromatic rings. The van der Waals surface area contributed by atoms with Crippen LogP contribution in [0.5, 0.6) is 0 Å². The summed E-state index contributed by atoms with van der Waals surface area (Å²) in [5.41, 5.74) is 2.10. The summed E-state index contributed by atoms with van der Waals surface area (Å²) in [5, 5.41) is 0. The van der Waals surface area contributed by atoms with Crippen molar-refractivity contribution in [2.45, 2.75) is 19.5 Å². The molecule has 1 aliphatic rings. The molecule has 0 spiro atoms. The van der Waals surface area contributed by atoms with Crippen molar-refractivity contribution in [3.63, 3.8) is 0 Å². The van der Waals surface area contributed by atoms with Crippen LogP contribution in [0.3, 0.4) is 0 Å². The van der Waals surface area contributed by atoms with E-state index >= 15 is 0 Å². The van der Waals surface area contributed by atoms with Crippen molar-refractivity contribution >= 4 is 5.78 Å². The molecule has 0 fully saturated rings. The Kier molecular flexibility index (Phi) is 3.22. The molecule has 19 heavy (non-hydrogen) atoms. The van der Waals surface area contributed by atoms with E-state index in [4.69, 9.17) is 0 Å². The van der Waals surface area contributed by atoms with Crippen LogP contribution in [0.15, 0.2) is 48.7 Å². The molecule has 0 aliphatic carbocycles. The van der Waals surface area contributed by atoms with Crippen LogP contribution in [0.25, 0.3) is 0 Å². The molecule has 98 valence electrons. The molecule has 3 nitrogen and oxygen atoms in total. The van der Waals surface area contributed by atoms with Gasteiger partial charge in [-0.2, -0.15) is 0 Å². The second kappa shape index (κ2) is 5.02. The smallest absolute Gasteiger partial charge is 0.176 e. The van der Waals surface area contributed by atoms with Gasteiger partial charge in [-0.3, -0.25) is 9.69 Å². The van der Waals surface area contributed by atoms with Crippen molar-refractivity contribution in [3.05, 3.63) is 59.9 Å². The third-order valence-electron chi connectivity index (χ3n) is 3.91. The van der Waals surface area contributed by atoms with Crippen LogP contribution in [-0.2, 0) is 6.54 Å². The highest BCUT2D eigenvalue weighted by Crippen LogP contribution is 2.25. The molecule has 1 aromatic heterocycles. The van der Waals surface area contributed by atoms with Crippen molar-refractivity contribution in [3.8, 4) is 0 Å². The van der Waals surface area contributed by atoms with Gasteiger partial charge in [-0.25, -0.2) is 0 Å². The van der Waals surface area contributed by atoms with E-state index in [0.29, 0.717) is 12.6 Å². The number of Topliss-reactive ketones (excluding diaryl/α,β-unsaturated/α-hetero) is 1. The van der Waals surface area contributed by atoms with Gasteiger partial charge in [-0.15, -0.1) is 0 Å². The Labute approximate surface area is 113 Å². The molecule has 0 radical (unpaired) electrons. The Hall–Kier alpha value is -1.87. The minimum Gasteiger partial charge on any atom is -0.349 e. The fourth-order valence-electron chi connectivity index (χ4n) is 2.74. The first-order chi connectivity index (χ1) is 9.25. The predicted octanol–water partition coefficient (Wildman–Crippen LogP) is 2.75. The molecule has 3 rings (SSSR count). The Morgan fingerprint density at radius 1 is 1.16 bits per heavy atom. The van der Waals surface area contributed by atoms with E-state index in [9.17, 15) is 4.79 Å². The number of nitrogens with zero attached hydrogens (tertiary/aromatic N) is 2. The number of ketones is 1. The first kappa shape index (κ1) is 12.2. The van der Waals surface area contributed by atoms with Gasteiger partial charge in [-0.1, -0.05) is 30.3 Å². The zero-order chi connectivity index (χ0) is 13.2. The number of aromatic nitrogens is 1. The van der Waals surface area contributed by atoms with Gasteiger partial charge in [0.25, 0.3) is 0 Å². The molecule has 0 amide bonds. The summed E-state index contributed by atoms with van der Waals surface area (Å²) >= 11 is 0. The monoisotopic (exact) mass is 254 g/mol. The van der Waals surface area contributed by atoms with Crippen molar-refractivity contribution in [1.82, 2.24) is 9.47 Å². The number of hydrogen-bond acceptors (Lipinski definition) is 2. The lowest BCUT2D eigenvalue weighted by molar-refractivity contribution is 0.0868. The lowest BCUT2D eigenvalue weighted by Crippen LogP contribution is -2.39. The molecule has 1 unspecified atom stereocenters. The maximum absolute atomic E-state index is 12.3. The zero-order valence-corrected chi connectivity index (χ0v) is 11.1. The van der Waals surface area contributed by atoms with Gasteiger partial charge in [0, 0.05) is 36.6 Å². The van der Waals surface area contributed by atoms with E-state index in [0.717, 1.165) is 18.7 Å². The van der Waals surface area contributed by atoms with Crippen LogP contribution in [0, 0.1) is 0 Å². The van der Waals surface area contributed by atoms with Gasteiger partial charge >= 0.3 is 0 Å². The summed E-state index contributed by atoms with van der Waals surface area (Å²) in [5.74, 6) is 0.201. The standard InChI is InChI=1S/C16H18N2O/c1-13-15-8-5-9-17(15)10-11-18(13)12-16(19)14-6-3-2-4-7-14/h2-9,13H,10-12H2,1H3. The Morgan fingerprint density at radius 2 is 1.95 bits per heavy atom. The molecule has 1 atom stereocenters. The molecule has 0 saturated heterocycles. The Balaban J connectivity index is 1.73. The highest BCUT2D eigenvalue weighted by Gasteiger charge is 2.25. The molecule has 0 saturated carbocycles. The molecule has 0 bridgehead atoms. The van der Waals surface area contributed by atoms with Gasteiger partial charge < -0.3 is 4.57 Å². The molecule has 0 N–H and O–H groups in total. The second-order valence-electron chi connectivity index (χ2n) is 5.06. The Bertz CT molecular complexity index is 573. The number of rotatable bonds is 3. The summed E-state index contributed by atoms with van der Waals surface area (Å²) in [6.07, 6.45) is 2.11. The maximum atomic E-state index is 12.3. The molecule has 1 aliphatic heterocycles. The first-order valence-electron chi connectivity index (χ1n) is 6.73. The van der Waals surface area contributed by atoms with Crippen LogP contribution in [0.2, 0.25) is 0 Å². The normalized spacial score (nSPS) is 19.1. The third-order valence-corrected chi connectivity index (χ3v) is 3.91. The second-order valence-corrected chi connectivity index (χ2v) is 5.06. The SMILES string of the molecule is CC1c2cccn2CCN1CC(=O)c1ccccc1. The van der Waals surface area contributed by atoms with E-state index in [-0.39, 0.29) is 5.78 Å². The van der Waals surface area contributed by atoms with Gasteiger partial charge in [-0.05, 0) is 19.1 Å². The summed E-state index contributed by atoms with van der Waals surface area (Å²) in [7, 11) is 0. The number of carbonyl (C=O) groups excluding carboxylic acids is 1. The maximum Gasteiger partial charge on any atom is 0.176 e. The minimum atomic E-state index is 0.201. The van der Waals surface area contributed by atoms with Crippen molar-refractivity contribution in [2.24, 2.45) is 0 Å². The molecule has 3 heteroatoms. The van der Waals surface area contributed by atoms with Crippen molar-refractivity contribution in [1.29, 1.82) is 0 Å². The van der Waals surface area contributed by atoms with Gasteiger partial charge in [0.05, 0.1) is 6.54 Å². The average Bonchev–Trinajstić information content (AvgIpc) is 2.92. The first-order valence-corrected chi connectivity index (χ1v) is 6.73. The van der Waals surface area contributed by atoms with E-state index in [1.807, 2.05) is 30.3 Å². The van der Waals surface area contributed by atoms with Gasteiger partial charge in [0.15, 0.2) is 5.78 Å². The number of fused-ring (bicyclic) bond motifs is 1. The van der Waals surface area contributed by atoms with Gasteiger partial charge in [0.2, 0.25) is 0 Å². The van der Waals surface area contributed by atoms with E-state index < -0.39 is 0 Å². The lowest BCUT2D eigenvalue weighted by Gasteiger charge is -2.34. The van der Waals surface area contributed by atoms with Crippen LogP contribution >= 0.6 is 0 Å². The highest BCUT2D eigenvalue weighted by molar-refractivity contribution is 5.97. The number of hydrogen-bond donors (Lipinski definition) is 0. The quantitative estimate of drug-likeness (QED) is 0.787. The molecular weight excluding hydrogens is 236 g/mol. The zero-order valence-electron chi connectivity index (χ0n) is 11.1. The van der Waals surface area contributed by atoms with E-state index in [1.54, 1.807) is 0 Å². The highest BCUT2D eigenvalue weighted by atomic mass is 16.1. The van der Waals surface area contributed by atoms with Crippen molar-refractivity contribution < 1.29 is 4.79 Å². The van der Waals surface area contributed by atoms with Crippen LogP contribution < -0.4 is 0 Å². The topological polar surface area (TPSA) is 25.2 Å². The fourth-order valence-corrected chi connectivity index (χ4v) is 2.74. The number of benzene rings is 1. The van der Waals surface area contributed by atoms with E-state index in [1.165, 1.54) is 5.69 Å².